The van der Waals surface area contributed by atoms with Gasteiger partial charge in [-0.2, -0.15) is 0 Å². The molecule has 0 heterocycles. The van der Waals surface area contributed by atoms with Gasteiger partial charge in [0.1, 0.15) is 6.10 Å². The van der Waals surface area contributed by atoms with Gasteiger partial charge in [-0.3, -0.25) is 4.79 Å². The van der Waals surface area contributed by atoms with Gasteiger partial charge in [-0.15, -0.1) is 0 Å². The van der Waals surface area contributed by atoms with E-state index in [1.54, 1.807) is 12.1 Å². The van der Waals surface area contributed by atoms with Crippen LogP contribution in [0, 0.1) is 6.92 Å². The molecule has 1 rings (SSSR count). The lowest BCUT2D eigenvalue weighted by Crippen LogP contribution is -2.35. The fourth-order valence-corrected chi connectivity index (χ4v) is 2.99. The summed E-state index contributed by atoms with van der Waals surface area (Å²) in [6.45, 7) is 1.90. The number of ether oxygens (including phenoxy) is 1. The van der Waals surface area contributed by atoms with E-state index in [0.29, 0.717) is 0 Å². The lowest BCUT2D eigenvalue weighted by molar-refractivity contribution is -0.125. The Morgan fingerprint density at radius 2 is 1.85 bits per heavy atom. The highest BCUT2D eigenvalue weighted by atomic mass is 32.2. The van der Waals surface area contributed by atoms with Crippen LogP contribution in [0.4, 0.5) is 0 Å². The highest BCUT2D eigenvalue weighted by Crippen LogP contribution is 2.18. The molecule has 0 aliphatic rings. The molecule has 2 N–H and O–H groups in total. The van der Waals surface area contributed by atoms with Crippen molar-refractivity contribution in [2.75, 3.05) is 13.2 Å². The molecule has 6 nitrogen and oxygen atoms in total. The van der Waals surface area contributed by atoms with E-state index >= 15 is 0 Å². The van der Waals surface area contributed by atoms with E-state index in [1.165, 1.54) is 12.1 Å². The fraction of sp³-hybridized carbons (Fsp3) is 0.462. The lowest BCUT2D eigenvalue weighted by atomic mass is 10.2. The first kappa shape index (κ1) is 16.8. The third-order valence-electron chi connectivity index (χ3n) is 2.61. The van der Waals surface area contributed by atoms with Crippen LogP contribution in [0.3, 0.4) is 0 Å². The molecule has 0 aliphatic heterocycles. The Hall–Kier alpha value is -1.28. The van der Waals surface area contributed by atoms with Crippen molar-refractivity contribution in [1.82, 2.24) is 0 Å². The molecule has 1 unspecified atom stereocenters. The first-order valence-electron chi connectivity index (χ1n) is 6.00. The van der Waals surface area contributed by atoms with Gasteiger partial charge in [0.15, 0.2) is 5.78 Å². The first-order valence-corrected chi connectivity index (χ1v) is 7.55. The van der Waals surface area contributed by atoms with Crippen molar-refractivity contribution < 1.29 is 28.2 Å². The number of aliphatic hydroxyl groups excluding tert-OH is 2. The molecule has 0 amide bonds. The minimum Gasteiger partial charge on any atom is -0.394 e. The SMILES string of the molecule is CC(=O)[C@@H](OCC(O)CO)S(=O)(=O)c1ccc(C)cc1. The minimum absolute atomic E-state index is 0.0261. The Bertz CT molecular complexity index is 549. The molecule has 0 aromatic heterocycles. The van der Waals surface area contributed by atoms with E-state index in [9.17, 15) is 18.3 Å². The van der Waals surface area contributed by atoms with Crippen LogP contribution in [-0.4, -0.2) is 49.2 Å². The highest BCUT2D eigenvalue weighted by molar-refractivity contribution is 7.92. The molecule has 1 aromatic rings. The van der Waals surface area contributed by atoms with Crippen molar-refractivity contribution in [3.8, 4) is 0 Å². The largest absolute Gasteiger partial charge is 0.394 e. The molecule has 0 saturated heterocycles. The number of carbonyl (C=O) groups excluding carboxylic acids is 1. The quantitative estimate of drug-likeness (QED) is 0.738. The zero-order valence-electron chi connectivity index (χ0n) is 11.3. The zero-order valence-corrected chi connectivity index (χ0v) is 12.1. The van der Waals surface area contributed by atoms with Gasteiger partial charge in [-0.25, -0.2) is 8.42 Å². The van der Waals surface area contributed by atoms with Crippen LogP contribution >= 0.6 is 0 Å². The van der Waals surface area contributed by atoms with Gasteiger partial charge in [0, 0.05) is 0 Å². The number of aryl methyl sites for hydroxylation is 1. The number of benzene rings is 1. The van der Waals surface area contributed by atoms with Crippen LogP contribution in [-0.2, 0) is 19.4 Å². The third-order valence-corrected chi connectivity index (χ3v) is 4.57. The summed E-state index contributed by atoms with van der Waals surface area (Å²) in [5, 5.41) is 17.9. The van der Waals surface area contributed by atoms with Crippen molar-refractivity contribution >= 4 is 15.6 Å². The molecule has 0 fully saturated rings. The second kappa shape index (κ2) is 6.94. The summed E-state index contributed by atoms with van der Waals surface area (Å²) in [7, 11) is -3.99. The molecule has 0 saturated carbocycles. The van der Waals surface area contributed by atoms with Gasteiger partial charge in [0.25, 0.3) is 0 Å². The number of carbonyl (C=O) groups is 1. The monoisotopic (exact) mass is 302 g/mol. The topological polar surface area (TPSA) is 101 Å². The second-order valence-corrected chi connectivity index (χ2v) is 6.46. The standard InChI is InChI=1S/C13H18O6S/c1-9-3-5-12(6-4-9)20(17,18)13(10(2)15)19-8-11(16)7-14/h3-6,11,13-14,16H,7-8H2,1-2H3/t11?,13-/m0/s1. The maximum Gasteiger partial charge on any atom is 0.221 e. The smallest absolute Gasteiger partial charge is 0.221 e. The second-order valence-electron chi connectivity index (χ2n) is 4.47. The zero-order chi connectivity index (χ0) is 15.3. The summed E-state index contributed by atoms with van der Waals surface area (Å²) >= 11 is 0. The molecule has 0 spiro atoms. The number of hydrogen-bond donors (Lipinski definition) is 2. The molecular formula is C13H18O6S. The Labute approximate surface area is 117 Å². The summed E-state index contributed by atoms with van der Waals surface area (Å²) in [5.41, 5.74) is -0.800. The third kappa shape index (κ3) is 4.11. The molecular weight excluding hydrogens is 284 g/mol. The van der Waals surface area contributed by atoms with Crippen LogP contribution in [0.15, 0.2) is 29.2 Å². The van der Waals surface area contributed by atoms with E-state index in [4.69, 9.17) is 9.84 Å². The van der Waals surface area contributed by atoms with E-state index in [0.717, 1.165) is 12.5 Å². The van der Waals surface area contributed by atoms with Gasteiger partial charge in [0.05, 0.1) is 18.1 Å². The molecule has 2 atom stereocenters. The predicted molar refractivity (Wildman–Crippen MR) is 71.9 cm³/mol. The van der Waals surface area contributed by atoms with Crippen molar-refractivity contribution in [2.45, 2.75) is 30.3 Å². The highest BCUT2D eigenvalue weighted by Gasteiger charge is 2.32. The minimum atomic E-state index is -3.99. The first-order chi connectivity index (χ1) is 9.28. The van der Waals surface area contributed by atoms with E-state index in [-0.39, 0.29) is 4.90 Å². The average molecular weight is 302 g/mol. The number of aliphatic hydroxyl groups is 2. The predicted octanol–water partition coefficient (Wildman–Crippen LogP) is 0.0536. The summed E-state index contributed by atoms with van der Waals surface area (Å²) in [5.74, 6) is -0.685. The summed E-state index contributed by atoms with van der Waals surface area (Å²) in [6, 6.07) is 6.03. The van der Waals surface area contributed by atoms with Crippen molar-refractivity contribution in [3.63, 3.8) is 0 Å². The molecule has 7 heteroatoms. The van der Waals surface area contributed by atoms with Gasteiger partial charge in [-0.1, -0.05) is 17.7 Å². The molecule has 1 aromatic carbocycles. The molecule has 0 bridgehead atoms. The fourth-order valence-electron chi connectivity index (χ4n) is 1.53. The van der Waals surface area contributed by atoms with Crippen molar-refractivity contribution in [3.05, 3.63) is 29.8 Å². The summed E-state index contributed by atoms with van der Waals surface area (Å²) in [6.07, 6.45) is -1.23. The molecule has 0 radical (unpaired) electrons. The van der Waals surface area contributed by atoms with E-state index in [2.05, 4.69) is 0 Å². The van der Waals surface area contributed by atoms with Gasteiger partial charge < -0.3 is 14.9 Å². The number of ketones is 1. The van der Waals surface area contributed by atoms with Crippen LogP contribution in [0.1, 0.15) is 12.5 Å². The number of sulfone groups is 1. The van der Waals surface area contributed by atoms with Gasteiger partial charge in [-0.05, 0) is 26.0 Å². The van der Waals surface area contributed by atoms with Crippen LogP contribution in [0.25, 0.3) is 0 Å². The Balaban J connectivity index is 3.00. The molecule has 0 aliphatic carbocycles. The Morgan fingerprint density at radius 3 is 2.30 bits per heavy atom. The summed E-state index contributed by atoms with van der Waals surface area (Å²) in [4.78, 5) is 11.5. The van der Waals surface area contributed by atoms with Crippen molar-refractivity contribution in [1.29, 1.82) is 0 Å². The van der Waals surface area contributed by atoms with E-state index < -0.39 is 40.4 Å². The number of Topliss-reactive ketones (excluding diaryl/α,β-unsaturated/α-hetero) is 1. The van der Waals surface area contributed by atoms with Crippen LogP contribution < -0.4 is 0 Å². The Kier molecular flexibility index (Phi) is 5.82. The number of hydrogen-bond acceptors (Lipinski definition) is 6. The number of rotatable bonds is 7. The van der Waals surface area contributed by atoms with Crippen LogP contribution in [0.2, 0.25) is 0 Å². The van der Waals surface area contributed by atoms with Crippen molar-refractivity contribution in [2.24, 2.45) is 0 Å². The Morgan fingerprint density at radius 1 is 1.30 bits per heavy atom. The average Bonchev–Trinajstić information content (AvgIpc) is 2.38. The van der Waals surface area contributed by atoms with Crippen LogP contribution in [0.5, 0.6) is 0 Å². The molecule has 20 heavy (non-hydrogen) atoms. The lowest BCUT2D eigenvalue weighted by Gasteiger charge is -2.17. The van der Waals surface area contributed by atoms with Gasteiger partial charge >= 0.3 is 0 Å². The van der Waals surface area contributed by atoms with Gasteiger partial charge in [0.2, 0.25) is 15.3 Å². The molecule has 112 valence electrons. The summed E-state index contributed by atoms with van der Waals surface area (Å²) < 4.78 is 29.6. The normalized spacial score (nSPS) is 14.8. The van der Waals surface area contributed by atoms with E-state index in [1.807, 2.05) is 6.92 Å². The maximum absolute atomic E-state index is 12.3. The maximum atomic E-state index is 12.3.